The van der Waals surface area contributed by atoms with Crippen LogP contribution in [0.2, 0.25) is 0 Å². The summed E-state index contributed by atoms with van der Waals surface area (Å²) in [5.74, 6) is 0. The van der Waals surface area contributed by atoms with Crippen LogP contribution in [0, 0.1) is 0 Å². The first-order chi connectivity index (χ1) is 8.75. The van der Waals surface area contributed by atoms with Crippen molar-refractivity contribution in [2.45, 2.75) is 32.7 Å². The van der Waals surface area contributed by atoms with E-state index in [1.807, 2.05) is 0 Å². The third-order valence-corrected chi connectivity index (χ3v) is 3.57. The van der Waals surface area contributed by atoms with Gasteiger partial charge in [0, 0.05) is 23.8 Å². The second-order valence-electron chi connectivity index (χ2n) is 5.09. The van der Waals surface area contributed by atoms with Gasteiger partial charge in [-0.2, -0.15) is 15.4 Å². The smallest absolute Gasteiger partial charge is 0.112 e. The van der Waals surface area contributed by atoms with Gasteiger partial charge in [0.1, 0.15) is 5.69 Å². The van der Waals surface area contributed by atoms with Gasteiger partial charge in [0.15, 0.2) is 0 Å². The van der Waals surface area contributed by atoms with Gasteiger partial charge < -0.3 is 4.90 Å². The van der Waals surface area contributed by atoms with Crippen LogP contribution in [0.4, 0.5) is 5.69 Å². The Kier molecular flexibility index (Phi) is 2.78. The fourth-order valence-corrected chi connectivity index (χ4v) is 2.66. The lowest BCUT2D eigenvalue weighted by Crippen LogP contribution is -2.35. The monoisotopic (exact) mass is 242 g/mol. The number of aryl methyl sites for hydroxylation is 1. The predicted octanol–water partition coefficient (Wildman–Crippen LogP) is 2.63. The zero-order chi connectivity index (χ0) is 12.5. The average Bonchev–Trinajstić information content (AvgIpc) is 2.91. The summed E-state index contributed by atoms with van der Waals surface area (Å²) in [6, 6.07) is 7.17. The summed E-state index contributed by atoms with van der Waals surface area (Å²) in [5, 5.41) is 10.7. The molecule has 0 unspecified atom stereocenters. The number of aromatic amines is 1. The summed E-state index contributed by atoms with van der Waals surface area (Å²) in [6.07, 6.45) is 4.16. The van der Waals surface area contributed by atoms with Crippen LogP contribution in [-0.4, -0.2) is 28.0 Å². The number of anilines is 1. The van der Waals surface area contributed by atoms with Gasteiger partial charge in [-0.25, -0.2) is 0 Å². The van der Waals surface area contributed by atoms with Crippen LogP contribution in [-0.2, 0) is 6.42 Å². The maximum atomic E-state index is 4.14. The Labute approximate surface area is 107 Å². The number of aromatic nitrogens is 3. The van der Waals surface area contributed by atoms with Crippen molar-refractivity contribution in [1.82, 2.24) is 15.4 Å². The van der Waals surface area contributed by atoms with Gasteiger partial charge in [-0.15, -0.1) is 0 Å². The van der Waals surface area contributed by atoms with E-state index < -0.39 is 0 Å². The first kappa shape index (κ1) is 11.3. The Morgan fingerprint density at radius 2 is 2.22 bits per heavy atom. The molecule has 0 saturated carbocycles. The van der Waals surface area contributed by atoms with Gasteiger partial charge >= 0.3 is 0 Å². The zero-order valence-corrected chi connectivity index (χ0v) is 10.8. The number of fused-ring (bicyclic) bond motifs is 1. The number of hydrogen-bond donors (Lipinski definition) is 1. The predicted molar refractivity (Wildman–Crippen MR) is 72.6 cm³/mol. The molecular formula is C14H18N4. The van der Waals surface area contributed by atoms with Gasteiger partial charge in [0.2, 0.25) is 0 Å². The number of H-pyrrole nitrogens is 1. The molecule has 0 aliphatic carbocycles. The van der Waals surface area contributed by atoms with E-state index in [4.69, 9.17) is 0 Å². The molecule has 1 aromatic heterocycles. The van der Waals surface area contributed by atoms with Crippen LogP contribution in [0.3, 0.4) is 0 Å². The molecule has 0 fully saturated rings. The minimum absolute atomic E-state index is 0.557. The van der Waals surface area contributed by atoms with E-state index in [-0.39, 0.29) is 0 Å². The molecule has 1 aliphatic rings. The van der Waals surface area contributed by atoms with Gasteiger partial charge in [0.25, 0.3) is 0 Å². The number of hydrogen-bond acceptors (Lipinski definition) is 3. The van der Waals surface area contributed by atoms with Crippen molar-refractivity contribution in [2.75, 3.05) is 11.4 Å². The molecule has 2 heterocycles. The van der Waals surface area contributed by atoms with E-state index in [1.165, 1.54) is 17.7 Å². The highest BCUT2D eigenvalue weighted by Gasteiger charge is 2.19. The maximum Gasteiger partial charge on any atom is 0.112 e. The van der Waals surface area contributed by atoms with Gasteiger partial charge in [0.05, 0.1) is 6.20 Å². The molecule has 1 aromatic carbocycles. The molecule has 18 heavy (non-hydrogen) atoms. The molecular weight excluding hydrogens is 224 g/mol. The van der Waals surface area contributed by atoms with Gasteiger partial charge in [-0.1, -0.05) is 6.07 Å². The second-order valence-corrected chi connectivity index (χ2v) is 5.09. The number of benzene rings is 1. The summed E-state index contributed by atoms with van der Waals surface area (Å²) >= 11 is 0. The van der Waals surface area contributed by atoms with E-state index in [2.05, 4.69) is 52.4 Å². The standard InChI is InChI=1S/C14H18N4/c1-10(2)18-7-3-4-12-8-11(5-6-14(12)18)13-9-15-17-16-13/h5-6,8-10H,3-4,7H2,1-2H3,(H,15,16,17). The normalized spacial score (nSPS) is 14.9. The Balaban J connectivity index is 2.01. The van der Waals surface area contributed by atoms with E-state index in [1.54, 1.807) is 6.20 Å². The third kappa shape index (κ3) is 1.88. The van der Waals surface area contributed by atoms with Crippen molar-refractivity contribution in [3.8, 4) is 11.3 Å². The largest absolute Gasteiger partial charge is 0.369 e. The lowest BCUT2D eigenvalue weighted by Gasteiger charge is -2.34. The fraction of sp³-hybridized carbons (Fsp3) is 0.429. The highest BCUT2D eigenvalue weighted by atomic mass is 15.3. The molecule has 94 valence electrons. The molecule has 0 radical (unpaired) electrons. The van der Waals surface area contributed by atoms with E-state index in [0.29, 0.717) is 6.04 Å². The molecule has 0 amide bonds. The first-order valence-electron chi connectivity index (χ1n) is 6.51. The minimum atomic E-state index is 0.557. The minimum Gasteiger partial charge on any atom is -0.369 e. The summed E-state index contributed by atoms with van der Waals surface area (Å²) in [5.41, 5.74) is 4.87. The Bertz CT molecular complexity index is 531. The molecule has 0 atom stereocenters. The maximum absolute atomic E-state index is 4.14. The Hall–Kier alpha value is -1.84. The zero-order valence-electron chi connectivity index (χ0n) is 10.8. The quantitative estimate of drug-likeness (QED) is 0.880. The molecule has 1 aliphatic heterocycles. The van der Waals surface area contributed by atoms with Crippen LogP contribution in [0.25, 0.3) is 11.3 Å². The molecule has 0 saturated heterocycles. The van der Waals surface area contributed by atoms with Gasteiger partial charge in [-0.3, -0.25) is 0 Å². The number of nitrogens with zero attached hydrogens (tertiary/aromatic N) is 3. The topological polar surface area (TPSA) is 44.8 Å². The van der Waals surface area contributed by atoms with E-state index in [9.17, 15) is 0 Å². The fourth-order valence-electron chi connectivity index (χ4n) is 2.66. The molecule has 1 N–H and O–H groups in total. The summed E-state index contributed by atoms with van der Waals surface area (Å²) in [4.78, 5) is 2.48. The highest BCUT2D eigenvalue weighted by molar-refractivity contribution is 5.67. The lowest BCUT2D eigenvalue weighted by atomic mass is 9.97. The third-order valence-electron chi connectivity index (χ3n) is 3.57. The molecule has 2 aromatic rings. The van der Waals surface area contributed by atoms with Crippen LogP contribution in [0.1, 0.15) is 25.8 Å². The van der Waals surface area contributed by atoms with Crippen molar-refractivity contribution in [3.63, 3.8) is 0 Å². The van der Waals surface area contributed by atoms with Gasteiger partial charge in [-0.05, 0) is 44.4 Å². The lowest BCUT2D eigenvalue weighted by molar-refractivity contribution is 0.626. The summed E-state index contributed by atoms with van der Waals surface area (Å²) in [6.45, 7) is 5.66. The molecule has 0 bridgehead atoms. The summed E-state index contributed by atoms with van der Waals surface area (Å²) < 4.78 is 0. The Morgan fingerprint density at radius 1 is 1.33 bits per heavy atom. The van der Waals surface area contributed by atoms with Crippen LogP contribution >= 0.6 is 0 Å². The number of rotatable bonds is 2. The van der Waals surface area contributed by atoms with Crippen molar-refractivity contribution in [3.05, 3.63) is 30.0 Å². The van der Waals surface area contributed by atoms with E-state index in [0.717, 1.165) is 24.2 Å². The van der Waals surface area contributed by atoms with Crippen LogP contribution < -0.4 is 4.90 Å². The van der Waals surface area contributed by atoms with Crippen molar-refractivity contribution >= 4 is 5.69 Å². The SMILES string of the molecule is CC(C)N1CCCc2cc(-c3cn[nH]n3)ccc21. The van der Waals surface area contributed by atoms with Crippen molar-refractivity contribution < 1.29 is 0 Å². The molecule has 4 nitrogen and oxygen atoms in total. The second kappa shape index (κ2) is 4.44. The molecule has 3 rings (SSSR count). The van der Waals surface area contributed by atoms with Crippen LogP contribution in [0.5, 0.6) is 0 Å². The first-order valence-corrected chi connectivity index (χ1v) is 6.51. The average molecular weight is 242 g/mol. The number of nitrogens with one attached hydrogen (secondary N) is 1. The molecule has 0 spiro atoms. The summed E-state index contributed by atoms with van der Waals surface area (Å²) in [7, 11) is 0. The van der Waals surface area contributed by atoms with E-state index >= 15 is 0 Å². The highest BCUT2D eigenvalue weighted by Crippen LogP contribution is 2.31. The van der Waals surface area contributed by atoms with Crippen molar-refractivity contribution in [2.24, 2.45) is 0 Å². The molecule has 4 heteroatoms. The Morgan fingerprint density at radius 3 is 2.94 bits per heavy atom. The van der Waals surface area contributed by atoms with Crippen LogP contribution in [0.15, 0.2) is 24.4 Å². The van der Waals surface area contributed by atoms with Crippen molar-refractivity contribution in [1.29, 1.82) is 0 Å².